The second-order valence-corrected chi connectivity index (χ2v) is 10.6. The lowest BCUT2D eigenvalue weighted by atomic mass is 10.1. The second-order valence-electron chi connectivity index (χ2n) is 10.6. The zero-order valence-electron chi connectivity index (χ0n) is 24.8. The quantitative estimate of drug-likeness (QED) is 0.174. The van der Waals surface area contributed by atoms with E-state index in [0.717, 1.165) is 16.9 Å². The van der Waals surface area contributed by atoms with Gasteiger partial charge in [-0.05, 0) is 23.8 Å². The number of fused-ring (bicyclic) bond motifs is 1. The van der Waals surface area contributed by atoms with E-state index in [-0.39, 0.29) is 17.3 Å². The Morgan fingerprint density at radius 2 is 1.54 bits per heavy atom. The number of imidazole rings is 1. The van der Waals surface area contributed by atoms with E-state index in [2.05, 4.69) is 10.3 Å². The van der Waals surface area contributed by atoms with Crippen molar-refractivity contribution in [1.29, 1.82) is 0 Å². The number of para-hydroxylation sites is 1. The zero-order valence-corrected chi connectivity index (χ0v) is 24.8. The summed E-state index contributed by atoms with van der Waals surface area (Å²) in [6.45, 7) is 2.54. The number of carbonyl (C=O) groups excluding carboxylic acids is 1. The number of amides is 1. The number of aromatic nitrogens is 4. The number of nitro groups is 2. The number of ether oxygens (including phenoxy) is 1. The van der Waals surface area contributed by atoms with Crippen LogP contribution < -0.4 is 15.0 Å². The summed E-state index contributed by atoms with van der Waals surface area (Å²) in [7, 11) is 1.62. The van der Waals surface area contributed by atoms with Crippen LogP contribution >= 0.6 is 0 Å². The van der Waals surface area contributed by atoms with Crippen LogP contribution in [0.15, 0.2) is 79.1 Å². The Balaban J connectivity index is 1.26. The van der Waals surface area contributed by atoms with Crippen LogP contribution in [0.4, 0.5) is 23.1 Å². The van der Waals surface area contributed by atoms with E-state index in [1.807, 2.05) is 33.7 Å². The molecule has 3 aromatic carbocycles. The van der Waals surface area contributed by atoms with Gasteiger partial charge in [-0.3, -0.25) is 25.0 Å². The van der Waals surface area contributed by atoms with Gasteiger partial charge in [-0.15, -0.1) is 0 Å². The van der Waals surface area contributed by atoms with E-state index in [9.17, 15) is 25.0 Å². The van der Waals surface area contributed by atoms with Gasteiger partial charge in [0.25, 0.3) is 17.3 Å². The van der Waals surface area contributed by atoms with Gasteiger partial charge < -0.3 is 24.4 Å². The minimum Gasteiger partial charge on any atom is -0.496 e. The van der Waals surface area contributed by atoms with Crippen molar-refractivity contribution in [3.63, 3.8) is 0 Å². The van der Waals surface area contributed by atoms with E-state index in [1.54, 1.807) is 30.5 Å². The number of nitrogens with one attached hydrogen (secondary N) is 1. The highest BCUT2D eigenvalue weighted by Crippen LogP contribution is 2.27. The number of hydrogen-bond donors (Lipinski definition) is 1. The summed E-state index contributed by atoms with van der Waals surface area (Å²) in [5.41, 5.74) is 3.24. The first-order valence-corrected chi connectivity index (χ1v) is 14.4. The Bertz CT molecular complexity index is 1900. The van der Waals surface area contributed by atoms with E-state index >= 15 is 0 Å². The molecular weight excluding hydrogens is 594 g/mol. The first-order valence-electron chi connectivity index (χ1n) is 14.4. The molecule has 1 aliphatic heterocycles. The van der Waals surface area contributed by atoms with E-state index in [0.29, 0.717) is 67.8 Å². The molecule has 3 heterocycles. The van der Waals surface area contributed by atoms with Crippen LogP contribution in [0, 0.1) is 20.2 Å². The van der Waals surface area contributed by atoms with Crippen LogP contribution in [-0.2, 0) is 13.1 Å². The van der Waals surface area contributed by atoms with Crippen molar-refractivity contribution in [2.45, 2.75) is 13.1 Å². The number of carbonyl (C=O) groups is 1. The van der Waals surface area contributed by atoms with Crippen molar-refractivity contribution < 1.29 is 19.4 Å². The monoisotopic (exact) mass is 623 g/mol. The van der Waals surface area contributed by atoms with Crippen LogP contribution in [0.3, 0.4) is 0 Å². The average Bonchev–Trinajstić information content (AvgIpc) is 3.49. The summed E-state index contributed by atoms with van der Waals surface area (Å²) in [6.07, 6.45) is 1.67. The normalized spacial score (nSPS) is 13.1. The first-order chi connectivity index (χ1) is 22.3. The lowest BCUT2D eigenvalue weighted by molar-refractivity contribution is -0.385. The van der Waals surface area contributed by atoms with Gasteiger partial charge >= 0.3 is 0 Å². The number of non-ortho nitro benzene ring substituents is 2. The molecule has 234 valence electrons. The zero-order chi connectivity index (χ0) is 32.2. The van der Waals surface area contributed by atoms with Crippen molar-refractivity contribution >= 4 is 40.2 Å². The lowest BCUT2D eigenvalue weighted by Crippen LogP contribution is -2.49. The summed E-state index contributed by atoms with van der Waals surface area (Å²) in [4.78, 5) is 52.3. The number of methoxy groups -OCH3 is 1. The molecule has 6 rings (SSSR count). The fourth-order valence-electron chi connectivity index (χ4n) is 5.28. The predicted octanol–water partition coefficient (Wildman–Crippen LogP) is 4.27. The molecule has 1 N–H and O–H groups in total. The van der Waals surface area contributed by atoms with Crippen LogP contribution in [-0.4, -0.2) is 73.5 Å². The van der Waals surface area contributed by atoms with Crippen molar-refractivity contribution in [1.82, 2.24) is 24.4 Å². The molecule has 46 heavy (non-hydrogen) atoms. The minimum absolute atomic E-state index is 0.0119. The van der Waals surface area contributed by atoms with E-state index < -0.39 is 9.85 Å². The third kappa shape index (κ3) is 6.24. The van der Waals surface area contributed by atoms with E-state index in [1.165, 1.54) is 36.4 Å². The van der Waals surface area contributed by atoms with Gasteiger partial charge in [0.05, 0.1) is 29.8 Å². The third-order valence-corrected chi connectivity index (χ3v) is 7.77. The first kappa shape index (κ1) is 29.9. The third-order valence-electron chi connectivity index (χ3n) is 7.77. The standard InChI is InChI=1S/C31H29N9O6/c1-46-26-5-3-2-4-23(26)18-32-28-27-29(38(20-33-27)19-21-6-10-24(11-7-21)39(42)43)35-31(34-28)37-16-14-36(15-17-37)30(41)22-8-12-25(13-9-22)40(44)45/h2-13,20H,14-19H2,1H3,(H,32,34,35). The number of nitrogens with zero attached hydrogens (tertiary/aromatic N) is 8. The molecule has 1 aliphatic rings. The van der Waals surface area contributed by atoms with Crippen LogP contribution in [0.1, 0.15) is 21.5 Å². The molecule has 1 amide bonds. The molecule has 5 aromatic rings. The van der Waals surface area contributed by atoms with Crippen molar-refractivity contribution in [2.75, 3.05) is 43.5 Å². The van der Waals surface area contributed by atoms with E-state index in [4.69, 9.17) is 14.7 Å². The Labute approximate surface area is 262 Å². The second kappa shape index (κ2) is 12.9. The predicted molar refractivity (Wildman–Crippen MR) is 169 cm³/mol. The largest absolute Gasteiger partial charge is 0.496 e. The summed E-state index contributed by atoms with van der Waals surface area (Å²) in [6, 6.07) is 19.6. The fraction of sp³-hybridized carbons (Fsp3) is 0.226. The fourth-order valence-corrected chi connectivity index (χ4v) is 5.28. The number of rotatable bonds is 10. The SMILES string of the molecule is COc1ccccc1CNc1nc(N2CCN(C(=O)c3ccc([N+](=O)[O-])cc3)CC2)nc2c1ncn2Cc1ccc([N+](=O)[O-])cc1. The van der Waals surface area contributed by atoms with Gasteiger partial charge in [0.2, 0.25) is 5.95 Å². The Morgan fingerprint density at radius 3 is 2.20 bits per heavy atom. The molecule has 0 unspecified atom stereocenters. The molecule has 0 spiro atoms. The van der Waals surface area contributed by atoms with Crippen LogP contribution in [0.5, 0.6) is 5.75 Å². The Morgan fingerprint density at radius 1 is 0.891 bits per heavy atom. The molecule has 1 saturated heterocycles. The van der Waals surface area contributed by atoms with Gasteiger partial charge in [0.1, 0.15) is 5.75 Å². The number of hydrogen-bond acceptors (Lipinski definition) is 11. The summed E-state index contributed by atoms with van der Waals surface area (Å²) < 4.78 is 7.37. The average molecular weight is 624 g/mol. The molecule has 1 fully saturated rings. The van der Waals surface area contributed by atoms with Gasteiger partial charge in [-0.1, -0.05) is 30.3 Å². The maximum Gasteiger partial charge on any atom is 0.269 e. The maximum atomic E-state index is 13.1. The minimum atomic E-state index is -0.499. The molecule has 0 radical (unpaired) electrons. The molecular formula is C31H29N9O6. The van der Waals surface area contributed by atoms with Crippen LogP contribution in [0.2, 0.25) is 0 Å². The molecule has 0 aliphatic carbocycles. The van der Waals surface area contributed by atoms with Gasteiger partial charge in [-0.2, -0.15) is 9.97 Å². The smallest absolute Gasteiger partial charge is 0.269 e. The Kier molecular flexibility index (Phi) is 8.36. The van der Waals surface area contributed by atoms with Crippen molar-refractivity contribution in [3.05, 3.63) is 116 Å². The molecule has 2 aromatic heterocycles. The van der Waals surface area contributed by atoms with Crippen molar-refractivity contribution in [2.24, 2.45) is 0 Å². The number of anilines is 2. The Hall–Kier alpha value is -6.12. The molecule has 0 saturated carbocycles. The van der Waals surface area contributed by atoms with Gasteiger partial charge in [0.15, 0.2) is 17.0 Å². The van der Waals surface area contributed by atoms with Gasteiger partial charge in [-0.25, -0.2) is 4.98 Å². The number of piperazine rings is 1. The lowest BCUT2D eigenvalue weighted by Gasteiger charge is -2.35. The summed E-state index contributed by atoms with van der Waals surface area (Å²) in [5, 5.41) is 25.5. The number of nitro benzene ring substituents is 2. The molecule has 0 atom stereocenters. The topological polar surface area (TPSA) is 175 Å². The van der Waals surface area contributed by atoms with Crippen LogP contribution in [0.25, 0.3) is 11.2 Å². The molecule has 15 nitrogen and oxygen atoms in total. The summed E-state index contributed by atoms with van der Waals surface area (Å²) in [5.74, 6) is 1.52. The molecule has 15 heteroatoms. The highest BCUT2D eigenvalue weighted by Gasteiger charge is 2.26. The highest BCUT2D eigenvalue weighted by molar-refractivity contribution is 5.94. The highest BCUT2D eigenvalue weighted by atomic mass is 16.6. The maximum absolute atomic E-state index is 13.1. The van der Waals surface area contributed by atoms with Crippen molar-refractivity contribution in [3.8, 4) is 5.75 Å². The summed E-state index contributed by atoms with van der Waals surface area (Å²) >= 11 is 0. The molecule has 0 bridgehead atoms. The number of benzene rings is 3. The van der Waals surface area contributed by atoms with Gasteiger partial charge in [0, 0.05) is 68.1 Å².